The van der Waals surface area contributed by atoms with Gasteiger partial charge in [-0.25, -0.2) is 0 Å². The van der Waals surface area contributed by atoms with Crippen LogP contribution in [-0.4, -0.2) is 62.4 Å². The molecule has 1 aliphatic heterocycles. The van der Waals surface area contributed by atoms with Crippen LogP contribution in [0.3, 0.4) is 0 Å². The molecule has 168 valence electrons. The number of rotatable bonds is 8. The van der Waals surface area contributed by atoms with Crippen LogP contribution in [0.2, 0.25) is 0 Å². The summed E-state index contributed by atoms with van der Waals surface area (Å²) < 4.78 is 7.39. The fraction of sp³-hybridized carbons (Fsp3) is 0.375. The number of piperazine rings is 1. The number of benzene rings is 1. The van der Waals surface area contributed by atoms with Crippen molar-refractivity contribution in [2.24, 2.45) is 0 Å². The molecule has 1 aromatic carbocycles. The Bertz CT molecular complexity index is 1050. The van der Waals surface area contributed by atoms with E-state index >= 15 is 0 Å². The van der Waals surface area contributed by atoms with Gasteiger partial charge in [-0.05, 0) is 25.5 Å². The first kappa shape index (κ1) is 22.4. The fourth-order valence-corrected chi connectivity index (χ4v) is 4.87. The van der Waals surface area contributed by atoms with E-state index in [4.69, 9.17) is 4.42 Å². The monoisotopic (exact) mass is 451 g/mol. The summed E-state index contributed by atoms with van der Waals surface area (Å²) in [4.78, 5) is 17.3. The molecule has 0 unspecified atom stereocenters. The van der Waals surface area contributed by atoms with E-state index in [1.165, 1.54) is 17.3 Å². The molecule has 3 aromatic rings. The average molecular weight is 452 g/mol. The van der Waals surface area contributed by atoms with Gasteiger partial charge in [0.25, 0.3) is 0 Å². The standard InChI is InChI=1S/C24H29N5O2S/c1-4-11-29-23(21-10-16-31-19(21)3)25-26-24(29)32-17-22(30)28-14-12-27(13-15-28)18(2)20-8-6-5-7-9-20/h4-10,16,18H,1,11-15,17H2,2-3H3/t18-/m0/s1. The molecule has 1 saturated heterocycles. The zero-order valence-electron chi connectivity index (χ0n) is 18.6. The highest BCUT2D eigenvalue weighted by atomic mass is 32.2. The van der Waals surface area contributed by atoms with Crippen LogP contribution >= 0.6 is 11.8 Å². The van der Waals surface area contributed by atoms with E-state index in [9.17, 15) is 4.79 Å². The van der Waals surface area contributed by atoms with Crippen LogP contribution < -0.4 is 0 Å². The van der Waals surface area contributed by atoms with Gasteiger partial charge in [0.15, 0.2) is 11.0 Å². The molecule has 7 nitrogen and oxygen atoms in total. The van der Waals surface area contributed by atoms with Crippen molar-refractivity contribution in [1.82, 2.24) is 24.6 Å². The molecule has 0 aliphatic carbocycles. The SMILES string of the molecule is C=CCn1c(SCC(=O)N2CCN([C@@H](C)c3ccccc3)CC2)nnc1-c1ccoc1C. The molecular formula is C24H29N5O2S. The van der Waals surface area contributed by atoms with E-state index < -0.39 is 0 Å². The number of aryl methyl sites for hydroxylation is 1. The topological polar surface area (TPSA) is 67.4 Å². The van der Waals surface area contributed by atoms with E-state index in [-0.39, 0.29) is 5.91 Å². The molecule has 2 aromatic heterocycles. The van der Waals surface area contributed by atoms with Crippen LogP contribution in [0.25, 0.3) is 11.4 Å². The Balaban J connectivity index is 1.34. The summed E-state index contributed by atoms with van der Waals surface area (Å²) in [7, 11) is 0. The lowest BCUT2D eigenvalue weighted by Gasteiger charge is -2.38. The predicted molar refractivity (Wildman–Crippen MR) is 126 cm³/mol. The van der Waals surface area contributed by atoms with Gasteiger partial charge in [0, 0.05) is 38.8 Å². The summed E-state index contributed by atoms with van der Waals surface area (Å²) in [6.45, 7) is 11.8. The van der Waals surface area contributed by atoms with Gasteiger partial charge < -0.3 is 9.32 Å². The molecule has 1 fully saturated rings. The first-order chi connectivity index (χ1) is 15.6. The molecule has 32 heavy (non-hydrogen) atoms. The molecule has 0 radical (unpaired) electrons. The minimum absolute atomic E-state index is 0.135. The van der Waals surface area contributed by atoms with Crippen molar-refractivity contribution >= 4 is 17.7 Å². The summed E-state index contributed by atoms with van der Waals surface area (Å²) in [6.07, 6.45) is 3.45. The van der Waals surface area contributed by atoms with E-state index in [2.05, 4.69) is 52.9 Å². The fourth-order valence-electron chi connectivity index (χ4n) is 4.02. The molecule has 1 atom stereocenters. The molecule has 1 aliphatic rings. The van der Waals surface area contributed by atoms with Crippen molar-refractivity contribution in [1.29, 1.82) is 0 Å². The van der Waals surface area contributed by atoms with Gasteiger partial charge in [0.05, 0.1) is 17.6 Å². The number of carbonyl (C=O) groups is 1. The van der Waals surface area contributed by atoms with Crippen LogP contribution in [0.1, 0.15) is 24.3 Å². The number of hydrogen-bond acceptors (Lipinski definition) is 6. The van der Waals surface area contributed by atoms with Gasteiger partial charge >= 0.3 is 0 Å². The van der Waals surface area contributed by atoms with E-state index in [0.717, 1.165) is 43.3 Å². The number of allylic oxidation sites excluding steroid dienone is 1. The summed E-state index contributed by atoms with van der Waals surface area (Å²) in [5, 5.41) is 9.38. The Kier molecular flexibility index (Phi) is 7.12. The minimum Gasteiger partial charge on any atom is -0.469 e. The lowest BCUT2D eigenvalue weighted by atomic mass is 10.1. The van der Waals surface area contributed by atoms with Gasteiger partial charge in [-0.15, -0.1) is 16.8 Å². The van der Waals surface area contributed by atoms with E-state index in [1.54, 1.807) is 12.3 Å². The molecule has 0 saturated carbocycles. The van der Waals surface area contributed by atoms with Crippen LogP contribution in [0.5, 0.6) is 0 Å². The number of carbonyl (C=O) groups excluding carboxylic acids is 1. The van der Waals surface area contributed by atoms with Crippen molar-refractivity contribution in [3.05, 3.63) is 66.6 Å². The Morgan fingerprint density at radius 2 is 1.94 bits per heavy atom. The number of furan rings is 1. The summed E-state index contributed by atoms with van der Waals surface area (Å²) >= 11 is 1.42. The molecule has 1 amide bonds. The Labute approximate surface area is 193 Å². The number of amides is 1. The summed E-state index contributed by atoms with van der Waals surface area (Å²) in [5.41, 5.74) is 2.22. The van der Waals surface area contributed by atoms with E-state index in [1.807, 2.05) is 28.5 Å². The van der Waals surface area contributed by atoms with Gasteiger partial charge in [-0.2, -0.15) is 0 Å². The first-order valence-electron chi connectivity index (χ1n) is 10.9. The zero-order valence-corrected chi connectivity index (χ0v) is 19.4. The van der Waals surface area contributed by atoms with Crippen LogP contribution in [-0.2, 0) is 11.3 Å². The molecule has 8 heteroatoms. The van der Waals surface area contributed by atoms with E-state index in [0.29, 0.717) is 23.5 Å². The van der Waals surface area contributed by atoms with Gasteiger partial charge in [-0.3, -0.25) is 14.3 Å². The van der Waals surface area contributed by atoms with Crippen molar-refractivity contribution < 1.29 is 9.21 Å². The third kappa shape index (κ3) is 4.81. The second-order valence-corrected chi connectivity index (χ2v) is 8.83. The van der Waals surface area contributed by atoms with Gasteiger partial charge in [-0.1, -0.05) is 48.2 Å². The highest BCUT2D eigenvalue weighted by Crippen LogP contribution is 2.27. The highest BCUT2D eigenvalue weighted by Gasteiger charge is 2.25. The third-order valence-corrected chi connectivity index (χ3v) is 6.90. The van der Waals surface area contributed by atoms with Gasteiger partial charge in [0.1, 0.15) is 5.76 Å². The van der Waals surface area contributed by atoms with Crippen LogP contribution in [0.4, 0.5) is 0 Å². The summed E-state index contributed by atoms with van der Waals surface area (Å²) in [6, 6.07) is 12.8. The Morgan fingerprint density at radius 3 is 2.59 bits per heavy atom. The normalized spacial score (nSPS) is 15.6. The largest absolute Gasteiger partial charge is 0.469 e. The minimum atomic E-state index is 0.135. The number of thioether (sulfide) groups is 1. The smallest absolute Gasteiger partial charge is 0.233 e. The van der Waals surface area contributed by atoms with Crippen molar-refractivity contribution in [3.8, 4) is 11.4 Å². The molecule has 4 rings (SSSR count). The maximum Gasteiger partial charge on any atom is 0.233 e. The third-order valence-electron chi connectivity index (χ3n) is 5.95. The quantitative estimate of drug-likeness (QED) is 0.381. The Hall–Kier alpha value is -2.84. The zero-order chi connectivity index (χ0) is 22.5. The Morgan fingerprint density at radius 1 is 1.19 bits per heavy atom. The lowest BCUT2D eigenvalue weighted by molar-refractivity contribution is -0.130. The molecular weight excluding hydrogens is 422 g/mol. The molecule has 0 spiro atoms. The van der Waals surface area contributed by atoms with Crippen LogP contribution in [0, 0.1) is 6.92 Å². The first-order valence-corrected chi connectivity index (χ1v) is 11.8. The van der Waals surface area contributed by atoms with Crippen molar-refractivity contribution in [3.63, 3.8) is 0 Å². The number of aromatic nitrogens is 3. The van der Waals surface area contributed by atoms with Crippen molar-refractivity contribution in [2.75, 3.05) is 31.9 Å². The second kappa shape index (κ2) is 10.2. The molecule has 0 N–H and O–H groups in total. The molecule has 0 bridgehead atoms. The lowest BCUT2D eigenvalue weighted by Crippen LogP contribution is -2.49. The van der Waals surface area contributed by atoms with Gasteiger partial charge in [0.2, 0.25) is 5.91 Å². The number of nitrogens with zero attached hydrogens (tertiary/aromatic N) is 5. The predicted octanol–water partition coefficient (Wildman–Crippen LogP) is 4.03. The maximum absolute atomic E-state index is 12.9. The molecule has 3 heterocycles. The highest BCUT2D eigenvalue weighted by molar-refractivity contribution is 7.99. The number of hydrogen-bond donors (Lipinski definition) is 0. The second-order valence-electron chi connectivity index (χ2n) is 7.89. The average Bonchev–Trinajstić information content (AvgIpc) is 3.43. The van der Waals surface area contributed by atoms with Crippen molar-refractivity contribution in [2.45, 2.75) is 31.6 Å². The van der Waals surface area contributed by atoms with Crippen LogP contribution in [0.15, 0.2) is 64.9 Å². The summed E-state index contributed by atoms with van der Waals surface area (Å²) in [5.74, 6) is 2.00. The maximum atomic E-state index is 12.9.